The molecule has 1 aromatic rings. The minimum Gasteiger partial charge on any atom is -0.318 e. The van der Waals surface area contributed by atoms with Crippen LogP contribution in [0.4, 0.5) is 8.78 Å². The van der Waals surface area contributed by atoms with Crippen LogP contribution in [0.1, 0.15) is 11.7 Å². The highest BCUT2D eigenvalue weighted by molar-refractivity contribution is 6.33. The van der Waals surface area contributed by atoms with Crippen molar-refractivity contribution in [1.29, 1.82) is 0 Å². The lowest BCUT2D eigenvalue weighted by atomic mass is 10.2. The summed E-state index contributed by atoms with van der Waals surface area (Å²) < 4.78 is 24.3. The fraction of sp³-hybridized carbons (Fsp3) is 0.286. The first-order valence-electron chi connectivity index (χ1n) is 3.37. The van der Waals surface area contributed by atoms with E-state index in [2.05, 4.69) is 4.98 Å². The van der Waals surface area contributed by atoms with E-state index in [1.54, 1.807) is 0 Å². The summed E-state index contributed by atoms with van der Waals surface area (Å²) in [6, 6.07) is 1.17. The first kappa shape index (κ1) is 10.6. The van der Waals surface area contributed by atoms with Gasteiger partial charge in [0, 0.05) is 5.02 Å². The minimum absolute atomic E-state index is 0.00694. The van der Waals surface area contributed by atoms with E-state index < -0.39 is 12.5 Å². The Morgan fingerprint density at radius 1 is 1.31 bits per heavy atom. The third kappa shape index (κ3) is 2.76. The van der Waals surface area contributed by atoms with E-state index in [4.69, 9.17) is 28.9 Å². The first-order chi connectivity index (χ1) is 6.00. The van der Waals surface area contributed by atoms with Gasteiger partial charge in [-0.1, -0.05) is 23.2 Å². The predicted molar refractivity (Wildman–Crippen MR) is 47.2 cm³/mol. The van der Waals surface area contributed by atoms with Crippen LogP contribution >= 0.6 is 23.2 Å². The van der Waals surface area contributed by atoms with Gasteiger partial charge in [-0.05, 0) is 12.1 Å². The summed E-state index contributed by atoms with van der Waals surface area (Å²) >= 11 is 11.1. The molecular formula is C7H6Cl2F2N2. The van der Waals surface area contributed by atoms with Gasteiger partial charge in [0.2, 0.25) is 0 Å². The van der Waals surface area contributed by atoms with E-state index in [0.717, 1.165) is 0 Å². The van der Waals surface area contributed by atoms with Gasteiger partial charge in [-0.2, -0.15) is 0 Å². The number of hydrogen-bond acceptors (Lipinski definition) is 2. The molecule has 2 nitrogen and oxygen atoms in total. The van der Waals surface area contributed by atoms with Crippen LogP contribution in [0.2, 0.25) is 10.2 Å². The maximum absolute atomic E-state index is 12.1. The highest BCUT2D eigenvalue weighted by Gasteiger charge is 2.19. The number of alkyl halides is 2. The number of hydrogen-bond donors (Lipinski definition) is 1. The van der Waals surface area contributed by atoms with Crippen molar-refractivity contribution in [3.8, 4) is 0 Å². The van der Waals surface area contributed by atoms with Crippen molar-refractivity contribution in [2.45, 2.75) is 12.5 Å². The van der Waals surface area contributed by atoms with Gasteiger partial charge in [0.1, 0.15) is 11.2 Å². The minimum atomic E-state index is -2.68. The van der Waals surface area contributed by atoms with E-state index in [1.165, 1.54) is 12.1 Å². The quantitative estimate of drug-likeness (QED) is 0.788. The second kappa shape index (κ2) is 4.17. The summed E-state index contributed by atoms with van der Waals surface area (Å²) in [5.74, 6) is 0. The number of aromatic nitrogens is 1. The molecule has 72 valence electrons. The Labute approximate surface area is 83.7 Å². The topological polar surface area (TPSA) is 38.9 Å². The second-order valence-electron chi connectivity index (χ2n) is 2.39. The molecule has 0 radical (unpaired) electrons. The number of pyridine rings is 1. The van der Waals surface area contributed by atoms with Crippen LogP contribution in [0.15, 0.2) is 12.1 Å². The van der Waals surface area contributed by atoms with Gasteiger partial charge in [-0.3, -0.25) is 0 Å². The third-order valence-electron chi connectivity index (χ3n) is 1.39. The highest BCUT2D eigenvalue weighted by Crippen LogP contribution is 2.22. The van der Waals surface area contributed by atoms with E-state index in [1.807, 2.05) is 0 Å². The predicted octanol–water partition coefficient (Wildman–Crippen LogP) is 2.65. The molecule has 0 amide bonds. The molecule has 0 saturated heterocycles. The lowest BCUT2D eigenvalue weighted by Gasteiger charge is -2.09. The molecule has 0 aliphatic heterocycles. The molecule has 1 atom stereocenters. The van der Waals surface area contributed by atoms with Gasteiger partial charge in [0.05, 0.1) is 5.69 Å². The van der Waals surface area contributed by atoms with Crippen molar-refractivity contribution in [1.82, 2.24) is 4.98 Å². The van der Waals surface area contributed by atoms with Crippen molar-refractivity contribution in [3.63, 3.8) is 0 Å². The summed E-state index contributed by atoms with van der Waals surface area (Å²) in [5.41, 5.74) is 5.14. The van der Waals surface area contributed by atoms with Crippen LogP contribution in [0, 0.1) is 0 Å². The van der Waals surface area contributed by atoms with Gasteiger partial charge in [-0.15, -0.1) is 0 Å². The normalized spacial score (nSPS) is 13.4. The van der Waals surface area contributed by atoms with Crippen molar-refractivity contribution in [2.24, 2.45) is 5.73 Å². The van der Waals surface area contributed by atoms with Crippen LogP contribution in [0.25, 0.3) is 0 Å². The van der Waals surface area contributed by atoms with Gasteiger partial charge < -0.3 is 5.73 Å². The summed E-state index contributed by atoms with van der Waals surface area (Å²) in [6.07, 6.45) is -2.68. The Bertz CT molecular complexity index is 286. The molecule has 1 aromatic heterocycles. The number of halogens is 4. The molecule has 1 rings (SSSR count). The SMILES string of the molecule is NC(c1cc(Cl)cc(Cl)n1)C(F)F. The van der Waals surface area contributed by atoms with Crippen LogP contribution in [0.3, 0.4) is 0 Å². The smallest absolute Gasteiger partial charge is 0.259 e. The summed E-state index contributed by atoms with van der Waals surface area (Å²) in [5, 5.41) is 0.296. The molecule has 0 aliphatic carbocycles. The van der Waals surface area contributed by atoms with Gasteiger partial charge in [0.15, 0.2) is 0 Å². The van der Waals surface area contributed by atoms with Crippen LogP contribution in [0.5, 0.6) is 0 Å². The maximum atomic E-state index is 12.1. The molecule has 1 heterocycles. The molecule has 0 aromatic carbocycles. The molecule has 0 spiro atoms. The average molecular weight is 227 g/mol. The van der Waals surface area contributed by atoms with Crippen LogP contribution in [-0.4, -0.2) is 11.4 Å². The first-order valence-corrected chi connectivity index (χ1v) is 4.13. The van der Waals surface area contributed by atoms with Crippen molar-refractivity contribution >= 4 is 23.2 Å². The fourth-order valence-electron chi connectivity index (χ4n) is 0.784. The largest absolute Gasteiger partial charge is 0.318 e. The van der Waals surface area contributed by atoms with Crippen molar-refractivity contribution in [3.05, 3.63) is 28.0 Å². The zero-order valence-electron chi connectivity index (χ0n) is 6.35. The molecule has 6 heteroatoms. The Hall–Kier alpha value is -0.450. The van der Waals surface area contributed by atoms with E-state index in [-0.39, 0.29) is 15.9 Å². The zero-order valence-corrected chi connectivity index (χ0v) is 7.86. The molecule has 2 N–H and O–H groups in total. The molecule has 1 unspecified atom stereocenters. The van der Waals surface area contributed by atoms with Gasteiger partial charge in [0.25, 0.3) is 6.43 Å². The number of rotatable bonds is 2. The molecular weight excluding hydrogens is 221 g/mol. The summed E-state index contributed by atoms with van der Waals surface area (Å²) in [6.45, 7) is 0. The van der Waals surface area contributed by atoms with E-state index >= 15 is 0 Å². The van der Waals surface area contributed by atoms with Gasteiger partial charge in [-0.25, -0.2) is 13.8 Å². The van der Waals surface area contributed by atoms with Crippen LogP contribution < -0.4 is 5.73 Å². The summed E-state index contributed by atoms with van der Waals surface area (Å²) in [4.78, 5) is 3.63. The third-order valence-corrected chi connectivity index (χ3v) is 1.80. The molecule has 13 heavy (non-hydrogen) atoms. The van der Waals surface area contributed by atoms with Crippen molar-refractivity contribution in [2.75, 3.05) is 0 Å². The Balaban J connectivity index is 3.01. The Kier molecular flexibility index (Phi) is 3.41. The fourth-order valence-corrected chi connectivity index (χ4v) is 1.27. The lowest BCUT2D eigenvalue weighted by Crippen LogP contribution is -2.20. The second-order valence-corrected chi connectivity index (χ2v) is 3.22. The number of nitrogens with two attached hydrogens (primary N) is 1. The van der Waals surface area contributed by atoms with E-state index in [0.29, 0.717) is 0 Å². The standard InChI is InChI=1S/C7H6Cl2F2N2/c8-3-1-4(6(12)7(10)11)13-5(9)2-3/h1-2,6-7H,12H2. The zero-order chi connectivity index (χ0) is 10.0. The van der Waals surface area contributed by atoms with Crippen LogP contribution in [-0.2, 0) is 0 Å². The molecule has 0 bridgehead atoms. The molecule has 0 fully saturated rings. The van der Waals surface area contributed by atoms with E-state index in [9.17, 15) is 8.78 Å². The average Bonchev–Trinajstić information content (AvgIpc) is 2.01. The maximum Gasteiger partial charge on any atom is 0.259 e. The van der Waals surface area contributed by atoms with Gasteiger partial charge >= 0.3 is 0 Å². The highest BCUT2D eigenvalue weighted by atomic mass is 35.5. The molecule has 0 saturated carbocycles. The van der Waals surface area contributed by atoms with Crippen molar-refractivity contribution < 1.29 is 8.78 Å². The Morgan fingerprint density at radius 3 is 2.38 bits per heavy atom. The molecule has 0 aliphatic rings. The summed E-state index contributed by atoms with van der Waals surface area (Å²) in [7, 11) is 0. The Morgan fingerprint density at radius 2 is 1.92 bits per heavy atom. The monoisotopic (exact) mass is 226 g/mol. The lowest BCUT2D eigenvalue weighted by molar-refractivity contribution is 0.114. The number of nitrogens with zero attached hydrogens (tertiary/aromatic N) is 1.